The molecule has 0 aromatic heterocycles. The van der Waals surface area contributed by atoms with E-state index in [0.29, 0.717) is 0 Å². The number of aryl methyl sites for hydroxylation is 1. The second-order valence-corrected chi connectivity index (χ2v) is 5.49. The van der Waals surface area contributed by atoms with Gasteiger partial charge in [0.2, 0.25) is 0 Å². The largest absolute Gasteiger partial charge is 0.467 e. The van der Waals surface area contributed by atoms with E-state index in [1.165, 1.54) is 25.3 Å². The highest BCUT2D eigenvalue weighted by Gasteiger charge is 2.23. The summed E-state index contributed by atoms with van der Waals surface area (Å²) in [6.45, 7) is 1.91. The lowest BCUT2D eigenvalue weighted by Gasteiger charge is -2.17. The molecule has 0 unspecified atom stereocenters. The zero-order chi connectivity index (χ0) is 18.4. The first kappa shape index (κ1) is 18.1. The molecule has 0 saturated heterocycles. The molecule has 130 valence electrons. The van der Waals surface area contributed by atoms with Crippen molar-refractivity contribution in [3.63, 3.8) is 0 Å². The highest BCUT2D eigenvalue weighted by atomic mass is 16.6. The number of nitro benzene ring substituents is 1. The van der Waals surface area contributed by atoms with Crippen molar-refractivity contribution < 1.29 is 19.2 Å². The number of nitro groups is 1. The predicted octanol–water partition coefficient (Wildman–Crippen LogP) is 2.42. The van der Waals surface area contributed by atoms with E-state index >= 15 is 0 Å². The van der Waals surface area contributed by atoms with Crippen molar-refractivity contribution in [2.45, 2.75) is 19.4 Å². The van der Waals surface area contributed by atoms with E-state index in [9.17, 15) is 19.7 Å². The maximum absolute atomic E-state index is 12.4. The SMILES string of the molecule is COC(=O)[C@@H](Cc1ccccc1C)NC(=O)c1cccc([N+](=O)[O-])c1. The Morgan fingerprint density at radius 3 is 2.56 bits per heavy atom. The normalized spacial score (nSPS) is 11.4. The molecule has 0 fully saturated rings. The molecule has 7 nitrogen and oxygen atoms in total. The summed E-state index contributed by atoms with van der Waals surface area (Å²) in [4.78, 5) is 34.7. The highest BCUT2D eigenvalue weighted by molar-refractivity contribution is 5.97. The summed E-state index contributed by atoms with van der Waals surface area (Å²) in [7, 11) is 1.24. The van der Waals surface area contributed by atoms with Gasteiger partial charge < -0.3 is 10.1 Å². The third kappa shape index (κ3) is 4.63. The lowest BCUT2D eigenvalue weighted by atomic mass is 10.0. The molecule has 2 aromatic carbocycles. The van der Waals surface area contributed by atoms with Crippen molar-refractivity contribution in [2.75, 3.05) is 7.11 Å². The number of carbonyl (C=O) groups excluding carboxylic acids is 2. The molecule has 1 amide bonds. The van der Waals surface area contributed by atoms with E-state index in [-0.39, 0.29) is 17.7 Å². The molecule has 0 aliphatic rings. The van der Waals surface area contributed by atoms with Crippen LogP contribution in [0.3, 0.4) is 0 Å². The number of hydrogen-bond donors (Lipinski definition) is 1. The van der Waals surface area contributed by atoms with Gasteiger partial charge in [-0.1, -0.05) is 30.3 Å². The number of esters is 1. The van der Waals surface area contributed by atoms with Crippen LogP contribution in [-0.4, -0.2) is 30.0 Å². The molecular weight excluding hydrogens is 324 g/mol. The molecule has 7 heteroatoms. The third-order valence-electron chi connectivity index (χ3n) is 3.80. The number of non-ortho nitro benzene ring substituents is 1. The third-order valence-corrected chi connectivity index (χ3v) is 3.80. The molecule has 2 rings (SSSR count). The average Bonchev–Trinajstić information content (AvgIpc) is 2.62. The molecule has 0 radical (unpaired) electrons. The number of benzene rings is 2. The van der Waals surface area contributed by atoms with E-state index in [1.807, 2.05) is 31.2 Å². The number of methoxy groups -OCH3 is 1. The van der Waals surface area contributed by atoms with Gasteiger partial charge in [-0.3, -0.25) is 14.9 Å². The minimum Gasteiger partial charge on any atom is -0.467 e. The quantitative estimate of drug-likeness (QED) is 0.494. The fraction of sp³-hybridized carbons (Fsp3) is 0.222. The van der Waals surface area contributed by atoms with Gasteiger partial charge in [0.1, 0.15) is 6.04 Å². The van der Waals surface area contributed by atoms with Gasteiger partial charge in [-0.2, -0.15) is 0 Å². The van der Waals surface area contributed by atoms with Gasteiger partial charge in [0.05, 0.1) is 12.0 Å². The van der Waals surface area contributed by atoms with Gasteiger partial charge >= 0.3 is 5.97 Å². The lowest BCUT2D eigenvalue weighted by molar-refractivity contribution is -0.384. The molecule has 2 aromatic rings. The molecule has 1 atom stereocenters. The Morgan fingerprint density at radius 2 is 1.92 bits per heavy atom. The lowest BCUT2D eigenvalue weighted by Crippen LogP contribution is -2.43. The first-order valence-corrected chi connectivity index (χ1v) is 7.60. The van der Waals surface area contributed by atoms with Crippen LogP contribution in [0, 0.1) is 17.0 Å². The zero-order valence-electron chi connectivity index (χ0n) is 13.9. The summed E-state index contributed by atoms with van der Waals surface area (Å²) in [5.74, 6) is -1.16. The Hall–Kier alpha value is -3.22. The summed E-state index contributed by atoms with van der Waals surface area (Å²) < 4.78 is 4.76. The fourth-order valence-corrected chi connectivity index (χ4v) is 2.40. The first-order chi connectivity index (χ1) is 11.9. The van der Waals surface area contributed by atoms with Crippen LogP contribution in [0.4, 0.5) is 5.69 Å². The van der Waals surface area contributed by atoms with E-state index in [2.05, 4.69) is 5.32 Å². The number of nitrogens with one attached hydrogen (secondary N) is 1. The van der Waals surface area contributed by atoms with Crippen molar-refractivity contribution >= 4 is 17.6 Å². The monoisotopic (exact) mass is 342 g/mol. The summed E-state index contributed by atoms with van der Waals surface area (Å²) >= 11 is 0. The van der Waals surface area contributed by atoms with Crippen LogP contribution in [0.25, 0.3) is 0 Å². The van der Waals surface area contributed by atoms with Crippen LogP contribution in [0.5, 0.6) is 0 Å². The van der Waals surface area contributed by atoms with Crippen LogP contribution in [0.15, 0.2) is 48.5 Å². The van der Waals surface area contributed by atoms with Crippen molar-refractivity contribution in [2.24, 2.45) is 0 Å². The van der Waals surface area contributed by atoms with Crippen molar-refractivity contribution in [1.29, 1.82) is 0 Å². The Kier molecular flexibility index (Phi) is 5.84. The molecule has 0 aliphatic heterocycles. The van der Waals surface area contributed by atoms with Gasteiger partial charge in [0, 0.05) is 24.1 Å². The van der Waals surface area contributed by atoms with Crippen molar-refractivity contribution in [1.82, 2.24) is 5.32 Å². The van der Waals surface area contributed by atoms with Gasteiger partial charge in [-0.05, 0) is 24.1 Å². The maximum Gasteiger partial charge on any atom is 0.328 e. The van der Waals surface area contributed by atoms with Gasteiger partial charge in [-0.15, -0.1) is 0 Å². The number of ether oxygens (including phenoxy) is 1. The molecule has 0 saturated carbocycles. The molecule has 0 bridgehead atoms. The first-order valence-electron chi connectivity index (χ1n) is 7.60. The smallest absolute Gasteiger partial charge is 0.328 e. The van der Waals surface area contributed by atoms with Crippen LogP contribution in [0.1, 0.15) is 21.5 Å². The second-order valence-electron chi connectivity index (χ2n) is 5.49. The topological polar surface area (TPSA) is 98.5 Å². The molecule has 1 N–H and O–H groups in total. The van der Waals surface area contributed by atoms with Gasteiger partial charge in [0.25, 0.3) is 11.6 Å². The summed E-state index contributed by atoms with van der Waals surface area (Å²) in [6, 6.07) is 11.9. The maximum atomic E-state index is 12.4. The summed E-state index contributed by atoms with van der Waals surface area (Å²) in [5, 5.41) is 13.4. The van der Waals surface area contributed by atoms with Crippen LogP contribution < -0.4 is 5.32 Å². The number of carbonyl (C=O) groups is 2. The Labute approximate surface area is 144 Å². The fourth-order valence-electron chi connectivity index (χ4n) is 2.40. The minimum absolute atomic E-state index is 0.105. The zero-order valence-corrected chi connectivity index (χ0v) is 13.9. The van der Waals surface area contributed by atoms with E-state index in [4.69, 9.17) is 4.74 Å². The molecule has 0 heterocycles. The predicted molar refractivity (Wildman–Crippen MR) is 91.2 cm³/mol. The Bertz CT molecular complexity index is 804. The second kappa shape index (κ2) is 8.05. The van der Waals surface area contributed by atoms with Crippen LogP contribution >= 0.6 is 0 Å². The Balaban J connectivity index is 2.21. The molecule has 0 spiro atoms. The molecular formula is C18H18N2O5. The van der Waals surface area contributed by atoms with Crippen LogP contribution in [0.2, 0.25) is 0 Å². The number of nitrogens with zero attached hydrogens (tertiary/aromatic N) is 1. The van der Waals surface area contributed by atoms with E-state index in [0.717, 1.165) is 17.2 Å². The average molecular weight is 342 g/mol. The minimum atomic E-state index is -0.891. The van der Waals surface area contributed by atoms with Crippen molar-refractivity contribution in [3.05, 3.63) is 75.3 Å². The number of amides is 1. The van der Waals surface area contributed by atoms with Gasteiger partial charge in [0.15, 0.2) is 0 Å². The molecule has 0 aliphatic carbocycles. The van der Waals surface area contributed by atoms with Crippen LogP contribution in [-0.2, 0) is 16.0 Å². The number of hydrogen-bond acceptors (Lipinski definition) is 5. The summed E-state index contributed by atoms with van der Waals surface area (Å²) in [6.07, 6.45) is 0.264. The highest BCUT2D eigenvalue weighted by Crippen LogP contribution is 2.14. The number of rotatable bonds is 6. The standard InChI is InChI=1S/C18H18N2O5/c1-12-6-3-4-7-13(12)11-16(18(22)25-2)19-17(21)14-8-5-9-15(10-14)20(23)24/h3-10,16H,11H2,1-2H3,(H,19,21)/t16-/m1/s1. The van der Waals surface area contributed by atoms with Crippen molar-refractivity contribution in [3.8, 4) is 0 Å². The van der Waals surface area contributed by atoms with E-state index in [1.54, 1.807) is 0 Å². The van der Waals surface area contributed by atoms with Gasteiger partial charge in [-0.25, -0.2) is 4.79 Å². The molecule has 25 heavy (non-hydrogen) atoms. The Morgan fingerprint density at radius 1 is 1.20 bits per heavy atom. The van der Waals surface area contributed by atoms with E-state index < -0.39 is 22.8 Å². The summed E-state index contributed by atoms with van der Waals surface area (Å²) in [5.41, 5.74) is 1.80.